The van der Waals surface area contributed by atoms with Gasteiger partial charge in [-0.15, -0.1) is 0 Å². The zero-order chi connectivity index (χ0) is 20.8. The predicted octanol–water partition coefficient (Wildman–Crippen LogP) is 2.81. The smallest absolute Gasteiger partial charge is 0.310 e. The first-order chi connectivity index (χ1) is 13.9. The molecule has 1 heterocycles. The first kappa shape index (κ1) is 19.7. The summed E-state index contributed by atoms with van der Waals surface area (Å²) in [5.74, 6) is -1.16. The molecular formula is C20H18N4O5. The van der Waals surface area contributed by atoms with Gasteiger partial charge in [-0.1, -0.05) is 24.3 Å². The number of nitro benzene ring substituents is 1. The van der Waals surface area contributed by atoms with Crippen molar-refractivity contribution in [1.29, 1.82) is 0 Å². The highest BCUT2D eigenvalue weighted by Crippen LogP contribution is 2.24. The van der Waals surface area contributed by atoms with Crippen LogP contribution in [0.1, 0.15) is 11.1 Å². The highest BCUT2D eigenvalue weighted by Gasteiger charge is 2.16. The number of amides is 1. The number of ether oxygens (including phenoxy) is 1. The number of para-hydroxylation sites is 1. The largest absolute Gasteiger partial charge is 0.455 e. The number of carbonyl (C=O) groups is 2. The molecular weight excluding hydrogens is 376 g/mol. The van der Waals surface area contributed by atoms with Gasteiger partial charge >= 0.3 is 5.97 Å². The van der Waals surface area contributed by atoms with Crippen molar-refractivity contribution in [3.8, 4) is 5.69 Å². The van der Waals surface area contributed by atoms with Crippen molar-refractivity contribution in [1.82, 2.24) is 9.78 Å². The summed E-state index contributed by atoms with van der Waals surface area (Å²) >= 11 is 0. The van der Waals surface area contributed by atoms with Crippen molar-refractivity contribution in [2.75, 3.05) is 11.9 Å². The van der Waals surface area contributed by atoms with Gasteiger partial charge in [-0.25, -0.2) is 4.68 Å². The number of benzene rings is 2. The third-order valence-corrected chi connectivity index (χ3v) is 4.15. The summed E-state index contributed by atoms with van der Waals surface area (Å²) in [6.07, 6.45) is 3.24. The molecule has 1 amide bonds. The zero-order valence-electron chi connectivity index (χ0n) is 15.6. The maximum atomic E-state index is 12.0. The Bertz CT molecular complexity index is 1050. The van der Waals surface area contributed by atoms with Crippen LogP contribution in [0, 0.1) is 17.0 Å². The van der Waals surface area contributed by atoms with E-state index >= 15 is 0 Å². The third kappa shape index (κ3) is 5.04. The molecule has 0 aliphatic carbocycles. The molecule has 0 radical (unpaired) electrons. The van der Waals surface area contributed by atoms with E-state index in [2.05, 4.69) is 10.4 Å². The first-order valence-electron chi connectivity index (χ1n) is 8.72. The van der Waals surface area contributed by atoms with Crippen molar-refractivity contribution in [2.24, 2.45) is 0 Å². The molecule has 0 aliphatic rings. The number of esters is 1. The molecule has 0 unspecified atom stereocenters. The maximum Gasteiger partial charge on any atom is 0.310 e. The molecule has 1 N–H and O–H groups in total. The topological polar surface area (TPSA) is 116 Å². The summed E-state index contributed by atoms with van der Waals surface area (Å²) < 4.78 is 6.63. The van der Waals surface area contributed by atoms with Crippen LogP contribution in [-0.2, 0) is 20.7 Å². The van der Waals surface area contributed by atoms with Gasteiger partial charge in [-0.3, -0.25) is 19.7 Å². The Morgan fingerprint density at radius 2 is 1.93 bits per heavy atom. The fraction of sp³-hybridized carbons (Fsp3) is 0.150. The first-order valence-corrected chi connectivity index (χ1v) is 8.72. The lowest BCUT2D eigenvalue weighted by molar-refractivity contribution is -0.385. The van der Waals surface area contributed by atoms with E-state index in [4.69, 9.17) is 4.74 Å². The second-order valence-corrected chi connectivity index (χ2v) is 6.22. The van der Waals surface area contributed by atoms with Crippen LogP contribution < -0.4 is 5.32 Å². The molecule has 29 heavy (non-hydrogen) atoms. The van der Waals surface area contributed by atoms with Crippen molar-refractivity contribution in [2.45, 2.75) is 13.3 Å². The van der Waals surface area contributed by atoms with Crippen LogP contribution in [0.15, 0.2) is 60.9 Å². The van der Waals surface area contributed by atoms with E-state index in [1.165, 1.54) is 19.1 Å². The van der Waals surface area contributed by atoms with E-state index in [1.807, 2.05) is 30.3 Å². The minimum Gasteiger partial charge on any atom is -0.455 e. The molecule has 148 valence electrons. The van der Waals surface area contributed by atoms with Gasteiger partial charge in [0.2, 0.25) is 0 Å². The van der Waals surface area contributed by atoms with Crippen LogP contribution in [0.25, 0.3) is 5.69 Å². The number of anilines is 1. The van der Waals surface area contributed by atoms with E-state index < -0.39 is 23.4 Å². The van der Waals surface area contributed by atoms with Gasteiger partial charge in [0.25, 0.3) is 11.6 Å². The van der Waals surface area contributed by atoms with Gasteiger partial charge in [0.05, 0.1) is 34.5 Å². The minimum absolute atomic E-state index is 0.0318. The average Bonchev–Trinajstić information content (AvgIpc) is 3.17. The lowest BCUT2D eigenvalue weighted by atomic mass is 10.1. The number of carbonyl (C=O) groups excluding carboxylic acids is 2. The molecule has 1 aromatic heterocycles. The maximum absolute atomic E-state index is 12.0. The van der Waals surface area contributed by atoms with Gasteiger partial charge < -0.3 is 10.1 Å². The molecule has 0 atom stereocenters. The van der Waals surface area contributed by atoms with Crippen LogP contribution in [0.5, 0.6) is 0 Å². The van der Waals surface area contributed by atoms with Crippen LogP contribution >= 0.6 is 0 Å². The Morgan fingerprint density at radius 1 is 1.17 bits per heavy atom. The Morgan fingerprint density at radius 3 is 2.66 bits per heavy atom. The number of nitrogens with one attached hydrogen (secondary N) is 1. The SMILES string of the molecule is Cc1c(NC(=O)COC(=O)Cc2cnn(-c3ccccc3)c2)cccc1[N+](=O)[O-]. The molecule has 0 fully saturated rings. The molecule has 0 saturated heterocycles. The minimum atomic E-state index is -0.582. The summed E-state index contributed by atoms with van der Waals surface area (Å²) in [6.45, 7) is 1.04. The van der Waals surface area contributed by atoms with Crippen LogP contribution in [-0.4, -0.2) is 33.2 Å². The molecule has 3 rings (SSSR count). The second-order valence-electron chi connectivity index (χ2n) is 6.22. The van der Waals surface area contributed by atoms with Crippen molar-refractivity contribution < 1.29 is 19.2 Å². The predicted molar refractivity (Wildman–Crippen MR) is 105 cm³/mol. The van der Waals surface area contributed by atoms with Crippen molar-refractivity contribution in [3.63, 3.8) is 0 Å². The molecule has 0 saturated carbocycles. The number of aromatic nitrogens is 2. The van der Waals surface area contributed by atoms with Gasteiger partial charge in [0.15, 0.2) is 6.61 Å². The average molecular weight is 394 g/mol. The van der Waals surface area contributed by atoms with E-state index in [-0.39, 0.29) is 12.1 Å². The number of nitro groups is 1. The summed E-state index contributed by atoms with van der Waals surface area (Å²) in [5, 5.41) is 17.7. The normalized spacial score (nSPS) is 10.4. The highest BCUT2D eigenvalue weighted by atomic mass is 16.6. The number of rotatable bonds is 7. The molecule has 0 spiro atoms. The summed E-state index contributed by atoms with van der Waals surface area (Å²) in [5.41, 5.74) is 2.03. The number of hydrogen-bond donors (Lipinski definition) is 1. The number of nitrogens with zero attached hydrogens (tertiary/aromatic N) is 3. The second kappa shape index (κ2) is 8.79. The van der Waals surface area contributed by atoms with E-state index in [1.54, 1.807) is 23.1 Å². The molecule has 9 nitrogen and oxygen atoms in total. The van der Waals surface area contributed by atoms with Crippen LogP contribution in [0.3, 0.4) is 0 Å². The van der Waals surface area contributed by atoms with E-state index in [0.29, 0.717) is 16.8 Å². The standard InChI is InChI=1S/C20H18N4O5/c1-14-17(8-5-9-18(14)24(27)28)22-19(25)13-29-20(26)10-15-11-21-23(12-15)16-6-3-2-4-7-16/h2-9,11-12H,10,13H2,1H3,(H,22,25). The molecule has 9 heteroatoms. The Balaban J connectivity index is 1.52. The van der Waals surface area contributed by atoms with E-state index in [0.717, 1.165) is 5.69 Å². The zero-order valence-corrected chi connectivity index (χ0v) is 15.6. The monoisotopic (exact) mass is 394 g/mol. The Kier molecular flexibility index (Phi) is 5.98. The fourth-order valence-corrected chi connectivity index (χ4v) is 2.68. The lowest BCUT2D eigenvalue weighted by Crippen LogP contribution is -2.22. The Hall–Kier alpha value is -4.01. The van der Waals surface area contributed by atoms with Gasteiger partial charge in [0, 0.05) is 17.8 Å². The van der Waals surface area contributed by atoms with Crippen molar-refractivity contribution in [3.05, 3.63) is 82.2 Å². The Labute approximate surface area is 166 Å². The lowest BCUT2D eigenvalue weighted by Gasteiger charge is -2.09. The molecule has 3 aromatic rings. The molecule has 0 bridgehead atoms. The number of hydrogen-bond acceptors (Lipinski definition) is 6. The van der Waals surface area contributed by atoms with Crippen molar-refractivity contribution >= 4 is 23.3 Å². The highest BCUT2D eigenvalue weighted by molar-refractivity contribution is 5.94. The van der Waals surface area contributed by atoms with Crippen LogP contribution in [0.4, 0.5) is 11.4 Å². The quantitative estimate of drug-likeness (QED) is 0.374. The van der Waals surface area contributed by atoms with Crippen LogP contribution in [0.2, 0.25) is 0 Å². The van der Waals surface area contributed by atoms with Gasteiger partial charge in [0.1, 0.15) is 0 Å². The fourth-order valence-electron chi connectivity index (χ4n) is 2.68. The van der Waals surface area contributed by atoms with E-state index in [9.17, 15) is 19.7 Å². The summed E-state index contributed by atoms with van der Waals surface area (Å²) in [7, 11) is 0. The molecule has 0 aliphatic heterocycles. The summed E-state index contributed by atoms with van der Waals surface area (Å²) in [4.78, 5) is 34.4. The molecule has 2 aromatic carbocycles. The van der Waals surface area contributed by atoms with Gasteiger partial charge in [-0.05, 0) is 25.1 Å². The third-order valence-electron chi connectivity index (χ3n) is 4.15. The van der Waals surface area contributed by atoms with Gasteiger partial charge in [-0.2, -0.15) is 5.10 Å². The summed E-state index contributed by atoms with van der Waals surface area (Å²) in [6, 6.07) is 13.8.